The Balaban J connectivity index is 0. The molecule has 0 aromatic rings. The number of carbonyl (C=O) groups excluding carboxylic acids is 1. The van der Waals surface area contributed by atoms with Gasteiger partial charge in [-0.3, -0.25) is 0 Å². The van der Waals surface area contributed by atoms with Crippen molar-refractivity contribution < 1.29 is 44.6 Å². The fourth-order valence-corrected chi connectivity index (χ4v) is 0. The van der Waals surface area contributed by atoms with E-state index in [1.54, 1.807) is 0 Å². The first kappa shape index (κ1) is 10.4. The molecule has 36 valence electrons. The molecule has 0 fully saturated rings. The molecule has 3 nitrogen and oxygen atoms in total. The van der Waals surface area contributed by atoms with Crippen LogP contribution in [0.2, 0.25) is 0 Å². The van der Waals surface area contributed by atoms with Gasteiger partial charge in [-0.2, -0.15) is 0 Å². The third kappa shape index (κ3) is 6.43. The molecule has 0 rings (SSSR count). The summed E-state index contributed by atoms with van der Waals surface area (Å²) in [4.78, 5) is 9.34. The second-order valence-corrected chi connectivity index (χ2v) is 0.995. The number of aliphatic hydroxyl groups is 1. The van der Waals surface area contributed by atoms with E-state index in [0.717, 1.165) is 6.92 Å². The Morgan fingerprint density at radius 2 is 2.00 bits per heavy atom. The van der Waals surface area contributed by atoms with Crippen LogP contribution in [0.3, 0.4) is 0 Å². The van der Waals surface area contributed by atoms with Crippen molar-refractivity contribution >= 4 is 5.97 Å². The van der Waals surface area contributed by atoms with Gasteiger partial charge in [-0.15, -0.1) is 0 Å². The Labute approximate surface area is 63.6 Å². The third-order valence-electron chi connectivity index (χ3n) is 0.341. The number of aliphatic carboxylic acids is 1. The van der Waals surface area contributed by atoms with E-state index >= 15 is 0 Å². The Hall–Kier alpha value is 0.430. The van der Waals surface area contributed by atoms with E-state index in [1.807, 2.05) is 0 Å². The number of carboxylic acids is 1. The molecule has 0 aliphatic rings. The van der Waals surface area contributed by atoms with Crippen LogP contribution in [0.25, 0.3) is 0 Å². The van der Waals surface area contributed by atoms with Gasteiger partial charge >= 0.3 is 29.6 Å². The minimum Gasteiger partial charge on any atom is -0.547 e. The molecular weight excluding hydrogens is 108 g/mol. The molecule has 0 spiro atoms. The second kappa shape index (κ2) is 4.59. The molecular formula is C3H5NaO3. The summed E-state index contributed by atoms with van der Waals surface area (Å²) >= 11 is 0. The number of rotatable bonds is 1. The summed E-state index contributed by atoms with van der Waals surface area (Å²) in [6.45, 7) is 1.13. The molecule has 0 aliphatic carbocycles. The molecule has 0 aliphatic heterocycles. The summed E-state index contributed by atoms with van der Waals surface area (Å²) in [5, 5.41) is 17.3. The Morgan fingerprint density at radius 3 is 2.00 bits per heavy atom. The number of aliphatic hydroxyl groups excluding tert-OH is 1. The van der Waals surface area contributed by atoms with Crippen molar-refractivity contribution in [3.8, 4) is 0 Å². The molecule has 0 radical (unpaired) electrons. The molecule has 0 aromatic carbocycles. The van der Waals surface area contributed by atoms with Gasteiger partial charge in [0.15, 0.2) is 0 Å². The van der Waals surface area contributed by atoms with Gasteiger partial charge in [-0.1, -0.05) is 0 Å². The summed E-state index contributed by atoms with van der Waals surface area (Å²) in [7, 11) is 0. The third-order valence-corrected chi connectivity index (χ3v) is 0.341. The largest absolute Gasteiger partial charge is 1.00 e. The quantitative estimate of drug-likeness (QED) is 0.274. The zero-order valence-corrected chi connectivity index (χ0v) is 6.34. The number of carbonyl (C=O) groups is 1. The maximum atomic E-state index is 9.34. The molecule has 0 unspecified atom stereocenters. The number of hydrogen-bond acceptors (Lipinski definition) is 3. The van der Waals surface area contributed by atoms with Crippen molar-refractivity contribution in [3.63, 3.8) is 0 Å². The van der Waals surface area contributed by atoms with E-state index < -0.39 is 12.1 Å². The second-order valence-electron chi connectivity index (χ2n) is 0.995. The molecule has 0 heterocycles. The van der Waals surface area contributed by atoms with Crippen LogP contribution in [0.5, 0.6) is 0 Å². The van der Waals surface area contributed by atoms with Crippen LogP contribution in [-0.4, -0.2) is 17.2 Å². The van der Waals surface area contributed by atoms with E-state index in [1.165, 1.54) is 0 Å². The van der Waals surface area contributed by atoms with E-state index in [-0.39, 0.29) is 29.6 Å². The Bertz CT molecular complexity index is 61.2. The molecule has 1 N–H and O–H groups in total. The maximum Gasteiger partial charge on any atom is 1.00 e. The minimum absolute atomic E-state index is 0. The van der Waals surface area contributed by atoms with Gasteiger partial charge in [0.05, 0.1) is 12.1 Å². The predicted molar refractivity (Wildman–Crippen MR) is 16.7 cm³/mol. The fourth-order valence-electron chi connectivity index (χ4n) is 0. The molecule has 0 saturated carbocycles. The number of carboxylic acid groups (broad SMARTS) is 1. The SMILES string of the molecule is [13CH3][C@H](O)C(=O)[O-].[Na+]. The van der Waals surface area contributed by atoms with Crippen LogP contribution >= 0.6 is 0 Å². The molecule has 0 bridgehead atoms. The van der Waals surface area contributed by atoms with E-state index in [2.05, 4.69) is 0 Å². The van der Waals surface area contributed by atoms with Crippen LogP contribution in [0.4, 0.5) is 0 Å². The van der Waals surface area contributed by atoms with Crippen LogP contribution in [0, 0.1) is 0 Å². The van der Waals surface area contributed by atoms with Gasteiger partial charge in [0.1, 0.15) is 0 Å². The molecule has 0 saturated heterocycles. The van der Waals surface area contributed by atoms with Crippen LogP contribution < -0.4 is 34.7 Å². The smallest absolute Gasteiger partial charge is 0.547 e. The van der Waals surface area contributed by atoms with Gasteiger partial charge in [0, 0.05) is 0 Å². The van der Waals surface area contributed by atoms with Crippen molar-refractivity contribution in [2.24, 2.45) is 0 Å². The van der Waals surface area contributed by atoms with E-state index in [9.17, 15) is 9.90 Å². The maximum absolute atomic E-state index is 9.34. The van der Waals surface area contributed by atoms with Gasteiger partial charge in [-0.25, -0.2) is 0 Å². The monoisotopic (exact) mass is 113 g/mol. The van der Waals surface area contributed by atoms with Gasteiger partial charge in [-0.05, 0) is 6.92 Å². The van der Waals surface area contributed by atoms with Gasteiger partial charge in [0.25, 0.3) is 0 Å². The molecule has 0 aromatic heterocycles. The summed E-state index contributed by atoms with van der Waals surface area (Å²) in [5.41, 5.74) is 0. The summed E-state index contributed by atoms with van der Waals surface area (Å²) in [6.07, 6.45) is -1.34. The van der Waals surface area contributed by atoms with Crippen LogP contribution in [-0.2, 0) is 4.79 Å². The fraction of sp³-hybridized carbons (Fsp3) is 0.667. The first-order valence-electron chi connectivity index (χ1n) is 1.53. The zero-order valence-electron chi connectivity index (χ0n) is 4.34. The summed E-state index contributed by atoms with van der Waals surface area (Å²) in [5.74, 6) is -1.44. The first-order valence-corrected chi connectivity index (χ1v) is 1.53. The summed E-state index contributed by atoms with van der Waals surface area (Å²) in [6, 6.07) is 0. The van der Waals surface area contributed by atoms with Crippen LogP contribution in [0.1, 0.15) is 6.92 Å². The van der Waals surface area contributed by atoms with Crippen molar-refractivity contribution in [1.29, 1.82) is 0 Å². The predicted octanol–water partition coefficient (Wildman–Crippen LogP) is -4.88. The number of hydrogen-bond donors (Lipinski definition) is 1. The van der Waals surface area contributed by atoms with Crippen LogP contribution in [0.15, 0.2) is 0 Å². The van der Waals surface area contributed by atoms with Crippen molar-refractivity contribution in [2.75, 3.05) is 0 Å². The Morgan fingerprint density at radius 1 is 1.86 bits per heavy atom. The van der Waals surface area contributed by atoms with Crippen molar-refractivity contribution in [2.45, 2.75) is 13.0 Å². The zero-order chi connectivity index (χ0) is 5.15. The normalized spacial score (nSPS) is 11.7. The summed E-state index contributed by atoms with van der Waals surface area (Å²) < 4.78 is 0. The Kier molecular flexibility index (Phi) is 6.82. The van der Waals surface area contributed by atoms with E-state index in [0.29, 0.717) is 0 Å². The average molecular weight is 113 g/mol. The first-order chi connectivity index (χ1) is 2.64. The molecule has 7 heavy (non-hydrogen) atoms. The van der Waals surface area contributed by atoms with E-state index in [4.69, 9.17) is 5.11 Å². The minimum atomic E-state index is -1.44. The molecule has 1 atom stereocenters. The molecule has 0 amide bonds. The topological polar surface area (TPSA) is 60.4 Å². The standard InChI is InChI=1S/C3H6O3.Na/c1-2(4)3(5)6;/h2,4H,1H3,(H,5,6);/q;+1/p-1/t2-;/m0./s1/i1+1;. The molecule has 4 heteroatoms. The van der Waals surface area contributed by atoms with Crippen molar-refractivity contribution in [3.05, 3.63) is 0 Å². The van der Waals surface area contributed by atoms with Crippen molar-refractivity contribution in [1.82, 2.24) is 0 Å². The van der Waals surface area contributed by atoms with Gasteiger partial charge < -0.3 is 15.0 Å². The average Bonchev–Trinajstić information content (AvgIpc) is 1.36. The van der Waals surface area contributed by atoms with Gasteiger partial charge in [0.2, 0.25) is 0 Å².